The molecule has 5 rings (SSSR count). The maximum Gasteiger partial charge on any atom is 0.435 e. The van der Waals surface area contributed by atoms with E-state index in [0.29, 0.717) is 21.3 Å². The predicted octanol–water partition coefficient (Wildman–Crippen LogP) is 7.31. The Kier molecular flexibility index (Phi) is 8.10. The zero-order chi connectivity index (χ0) is 32.5. The topological polar surface area (TPSA) is 74.7 Å². The molecule has 1 fully saturated rings. The van der Waals surface area contributed by atoms with E-state index in [0.717, 1.165) is 18.2 Å². The highest BCUT2D eigenvalue weighted by atomic mass is 127. The summed E-state index contributed by atoms with van der Waals surface area (Å²) in [6.07, 6.45) is -13.0. The Bertz CT molecular complexity index is 1710. The zero-order valence-electron chi connectivity index (χ0n) is 22.3. The highest BCUT2D eigenvalue weighted by Crippen LogP contribution is 2.56. The molecule has 236 valence electrons. The molecule has 1 aliphatic carbocycles. The minimum atomic E-state index is -6.34. The van der Waals surface area contributed by atoms with Gasteiger partial charge in [0.15, 0.2) is 9.84 Å². The lowest BCUT2D eigenvalue weighted by Gasteiger charge is -2.43. The summed E-state index contributed by atoms with van der Waals surface area (Å²) in [7, 11) is -4.38. The van der Waals surface area contributed by atoms with E-state index in [1.165, 1.54) is 30.3 Å². The minimum absolute atomic E-state index is 0.0192. The molecule has 0 bridgehead atoms. The van der Waals surface area contributed by atoms with E-state index in [2.05, 4.69) is 0 Å². The number of nitrogens with zero attached hydrogens (tertiary/aromatic N) is 1. The number of hydrogen-bond donors (Lipinski definition) is 1. The van der Waals surface area contributed by atoms with Crippen molar-refractivity contribution >= 4 is 38.4 Å². The maximum absolute atomic E-state index is 15.0. The minimum Gasteiger partial charge on any atom is -0.478 e. The summed E-state index contributed by atoms with van der Waals surface area (Å²) in [5.74, 6) is -2.48. The van der Waals surface area contributed by atoms with Gasteiger partial charge in [0.05, 0.1) is 10.5 Å². The molecule has 15 heteroatoms. The maximum atomic E-state index is 15.0. The molecule has 2 aliphatic rings. The van der Waals surface area contributed by atoms with Crippen molar-refractivity contribution in [1.29, 1.82) is 0 Å². The van der Waals surface area contributed by atoms with Crippen molar-refractivity contribution in [3.63, 3.8) is 0 Å². The van der Waals surface area contributed by atoms with Gasteiger partial charge in [0.1, 0.15) is 10.6 Å². The Hall–Kier alpha value is -2.79. The smallest absolute Gasteiger partial charge is 0.435 e. The van der Waals surface area contributed by atoms with Crippen molar-refractivity contribution in [2.45, 2.75) is 59.5 Å². The molecule has 5 nitrogen and oxygen atoms in total. The van der Waals surface area contributed by atoms with Gasteiger partial charge in [-0.25, -0.2) is 22.0 Å². The van der Waals surface area contributed by atoms with Crippen LogP contribution >= 0.6 is 22.6 Å². The summed E-state index contributed by atoms with van der Waals surface area (Å²) in [5.41, 5.74) is -7.79. The number of alkyl halides is 7. The van der Waals surface area contributed by atoms with Crippen LogP contribution in [0.5, 0.6) is 0 Å². The van der Waals surface area contributed by atoms with Crippen LogP contribution in [0.1, 0.15) is 45.5 Å². The SMILES string of the molecule is O=C(O)c1ccc(CN2CC[C@@]3(S(=O)(=O)c4ccc(I)cc4)c4ccc(C(F)(C(F)(F)F)C(F)(F)F)cc4CC[C@@H]23)cc1F. The van der Waals surface area contributed by atoms with Gasteiger partial charge in [0, 0.05) is 28.3 Å². The third-order valence-electron chi connectivity index (χ3n) is 8.43. The number of aryl methyl sites for hydroxylation is 1. The first-order valence-electron chi connectivity index (χ1n) is 13.1. The van der Waals surface area contributed by atoms with E-state index >= 15 is 0 Å². The van der Waals surface area contributed by atoms with Gasteiger partial charge in [0.25, 0.3) is 0 Å². The molecule has 1 aliphatic heterocycles. The molecule has 0 saturated carbocycles. The molecular weight excluding hydrogens is 737 g/mol. The van der Waals surface area contributed by atoms with Crippen LogP contribution in [0.3, 0.4) is 0 Å². The van der Waals surface area contributed by atoms with Gasteiger partial charge in [-0.1, -0.05) is 24.3 Å². The van der Waals surface area contributed by atoms with E-state index in [1.54, 1.807) is 4.90 Å². The number of hydrogen-bond acceptors (Lipinski definition) is 4. The molecule has 3 aromatic carbocycles. The van der Waals surface area contributed by atoms with Crippen molar-refractivity contribution < 1.29 is 53.4 Å². The third kappa shape index (κ3) is 4.98. The number of aromatic carboxylic acids is 1. The number of sulfone groups is 1. The predicted molar refractivity (Wildman–Crippen MR) is 150 cm³/mol. The zero-order valence-corrected chi connectivity index (χ0v) is 25.3. The number of halogens is 9. The average Bonchev–Trinajstić information content (AvgIpc) is 3.31. The highest BCUT2D eigenvalue weighted by molar-refractivity contribution is 14.1. The molecule has 0 unspecified atom stereocenters. The molecule has 44 heavy (non-hydrogen) atoms. The fourth-order valence-corrected chi connectivity index (χ4v) is 9.15. The van der Waals surface area contributed by atoms with Gasteiger partial charge in [0.2, 0.25) is 0 Å². The van der Waals surface area contributed by atoms with Gasteiger partial charge < -0.3 is 5.11 Å². The van der Waals surface area contributed by atoms with E-state index in [1.807, 2.05) is 22.6 Å². The Labute approximate surface area is 259 Å². The Morgan fingerprint density at radius 1 is 0.955 bits per heavy atom. The van der Waals surface area contributed by atoms with Crippen LogP contribution in [0.4, 0.5) is 35.1 Å². The second-order valence-corrected chi connectivity index (χ2v) is 14.2. The van der Waals surface area contributed by atoms with Crippen LogP contribution in [0.25, 0.3) is 0 Å². The number of carboxylic acids is 1. The molecular formula is C29H22F8INO4S. The van der Waals surface area contributed by atoms with Crippen molar-refractivity contribution in [2.75, 3.05) is 6.54 Å². The molecule has 1 heterocycles. The Balaban J connectivity index is 1.65. The van der Waals surface area contributed by atoms with Crippen molar-refractivity contribution in [3.05, 3.63) is 97.9 Å². The van der Waals surface area contributed by atoms with Crippen LogP contribution < -0.4 is 0 Å². The number of fused-ring (bicyclic) bond motifs is 3. The summed E-state index contributed by atoms with van der Waals surface area (Å²) in [6, 6.07) is 10.0. The van der Waals surface area contributed by atoms with Crippen LogP contribution in [0.15, 0.2) is 65.6 Å². The highest BCUT2D eigenvalue weighted by Gasteiger charge is 2.73. The van der Waals surface area contributed by atoms with E-state index < -0.39 is 61.6 Å². The van der Waals surface area contributed by atoms with Gasteiger partial charge in [-0.3, -0.25) is 4.90 Å². The van der Waals surface area contributed by atoms with Gasteiger partial charge in [-0.05, 0) is 94.9 Å². The van der Waals surface area contributed by atoms with Crippen molar-refractivity contribution in [3.8, 4) is 0 Å². The standard InChI is InChI=1S/C29H22F8INO4S/c30-23-13-16(1-8-21(23)25(40)41)15-39-12-11-26(44(42,43)20-6-4-19(38)5-7-20)22-9-3-18(14-17(22)2-10-24(26)39)27(31,28(32,33)34)29(35,36)37/h1,3-9,13-14,24H,2,10-12,15H2,(H,40,41)/t24-,26-/m1/s1. The summed E-state index contributed by atoms with van der Waals surface area (Å²) >= 11 is 1.97. The Morgan fingerprint density at radius 2 is 1.59 bits per heavy atom. The molecule has 3 aromatic rings. The van der Waals surface area contributed by atoms with Crippen LogP contribution in [0, 0.1) is 9.39 Å². The summed E-state index contributed by atoms with van der Waals surface area (Å²) < 4.78 is 138. The lowest BCUT2D eigenvalue weighted by molar-refractivity contribution is -0.348. The normalized spacial score (nSPS) is 21.2. The second kappa shape index (κ2) is 10.9. The molecule has 0 spiro atoms. The fourth-order valence-electron chi connectivity index (χ4n) is 6.40. The quantitative estimate of drug-likeness (QED) is 0.211. The lowest BCUT2D eigenvalue weighted by Crippen LogP contribution is -2.52. The van der Waals surface area contributed by atoms with Crippen LogP contribution in [-0.4, -0.2) is 49.3 Å². The number of carbonyl (C=O) groups is 1. The molecule has 1 N–H and O–H groups in total. The second-order valence-electron chi connectivity index (χ2n) is 10.8. The van der Waals surface area contributed by atoms with Crippen LogP contribution in [0.2, 0.25) is 0 Å². The van der Waals surface area contributed by atoms with Crippen molar-refractivity contribution in [2.24, 2.45) is 0 Å². The van der Waals surface area contributed by atoms with Gasteiger partial charge >= 0.3 is 24.0 Å². The molecule has 1 saturated heterocycles. The number of carboxylic acid groups (broad SMARTS) is 1. The number of rotatable bonds is 6. The van der Waals surface area contributed by atoms with E-state index in [9.17, 15) is 48.3 Å². The molecule has 2 atom stereocenters. The summed E-state index contributed by atoms with van der Waals surface area (Å²) in [6.45, 7) is 0.0739. The van der Waals surface area contributed by atoms with Crippen molar-refractivity contribution in [1.82, 2.24) is 4.90 Å². The number of benzene rings is 3. The number of likely N-dealkylation sites (tertiary alicyclic amines) is 1. The first-order valence-corrected chi connectivity index (χ1v) is 15.6. The summed E-state index contributed by atoms with van der Waals surface area (Å²) in [5, 5.41) is 9.13. The van der Waals surface area contributed by atoms with Gasteiger partial charge in [-0.2, -0.15) is 26.3 Å². The molecule has 0 amide bonds. The first kappa shape index (κ1) is 32.6. The van der Waals surface area contributed by atoms with Gasteiger partial charge in [-0.15, -0.1) is 0 Å². The monoisotopic (exact) mass is 759 g/mol. The third-order valence-corrected chi connectivity index (χ3v) is 11.7. The lowest BCUT2D eigenvalue weighted by atomic mass is 9.76. The van der Waals surface area contributed by atoms with E-state index in [-0.39, 0.29) is 48.4 Å². The molecule has 0 radical (unpaired) electrons. The first-order chi connectivity index (χ1) is 20.3. The molecule has 0 aromatic heterocycles. The van der Waals surface area contributed by atoms with Crippen LogP contribution in [-0.2, 0) is 33.2 Å². The average molecular weight is 759 g/mol. The Morgan fingerprint density at radius 3 is 2.16 bits per heavy atom. The largest absolute Gasteiger partial charge is 0.478 e. The fraction of sp³-hybridized carbons (Fsp3) is 0.345. The summed E-state index contributed by atoms with van der Waals surface area (Å²) in [4.78, 5) is 12.8. The van der Waals surface area contributed by atoms with E-state index in [4.69, 9.17) is 5.11 Å².